The molecule has 0 aromatic rings. The van der Waals surface area contributed by atoms with Crippen LogP contribution in [0, 0.1) is 0 Å². The van der Waals surface area contributed by atoms with E-state index in [4.69, 9.17) is 0 Å². The molecule has 1 saturated carbocycles. The van der Waals surface area contributed by atoms with Gasteiger partial charge >= 0.3 is 0 Å². The minimum Gasteiger partial charge on any atom is -0.392 e. The van der Waals surface area contributed by atoms with Crippen LogP contribution in [-0.2, 0) is 4.79 Å². The van der Waals surface area contributed by atoms with E-state index in [0.29, 0.717) is 0 Å². The molecular formula is C9H18N2O2. The SMILES string of the molecule is CNC(=O)C(C)N[C@H]1CCC[C@@H]1O. The molecule has 76 valence electrons. The lowest BCUT2D eigenvalue weighted by Gasteiger charge is -2.20. The van der Waals surface area contributed by atoms with E-state index >= 15 is 0 Å². The van der Waals surface area contributed by atoms with Crippen LogP contribution in [0.2, 0.25) is 0 Å². The van der Waals surface area contributed by atoms with E-state index in [0.717, 1.165) is 19.3 Å². The van der Waals surface area contributed by atoms with Gasteiger partial charge in [0.05, 0.1) is 12.1 Å². The molecule has 0 radical (unpaired) electrons. The van der Waals surface area contributed by atoms with Crippen molar-refractivity contribution in [1.29, 1.82) is 0 Å². The number of aliphatic hydroxyl groups excluding tert-OH is 1. The number of hydrogen-bond donors (Lipinski definition) is 3. The maximum absolute atomic E-state index is 11.2. The number of nitrogens with one attached hydrogen (secondary N) is 2. The molecule has 1 amide bonds. The fourth-order valence-corrected chi connectivity index (χ4v) is 1.75. The van der Waals surface area contributed by atoms with Crippen LogP contribution in [-0.4, -0.2) is 36.2 Å². The molecule has 0 spiro atoms. The van der Waals surface area contributed by atoms with Gasteiger partial charge in [-0.05, 0) is 26.2 Å². The molecule has 4 nitrogen and oxygen atoms in total. The highest BCUT2D eigenvalue weighted by atomic mass is 16.3. The first-order valence-corrected chi connectivity index (χ1v) is 4.81. The summed E-state index contributed by atoms with van der Waals surface area (Å²) in [6.07, 6.45) is 2.56. The van der Waals surface area contributed by atoms with Crippen molar-refractivity contribution < 1.29 is 9.90 Å². The molecule has 1 aliphatic carbocycles. The topological polar surface area (TPSA) is 61.4 Å². The molecule has 1 aliphatic rings. The maximum atomic E-state index is 11.2. The molecule has 0 aromatic heterocycles. The second kappa shape index (κ2) is 4.58. The summed E-state index contributed by atoms with van der Waals surface area (Å²) in [6.45, 7) is 1.81. The Morgan fingerprint density at radius 3 is 2.69 bits per heavy atom. The fraction of sp³-hybridized carbons (Fsp3) is 0.889. The zero-order valence-corrected chi connectivity index (χ0v) is 8.21. The van der Waals surface area contributed by atoms with Crippen LogP contribution < -0.4 is 10.6 Å². The summed E-state index contributed by atoms with van der Waals surface area (Å²) in [5, 5.41) is 15.2. The molecule has 3 atom stereocenters. The molecule has 0 saturated heterocycles. The van der Waals surface area contributed by atoms with E-state index in [1.54, 1.807) is 7.05 Å². The smallest absolute Gasteiger partial charge is 0.236 e. The summed E-state index contributed by atoms with van der Waals surface area (Å²) in [5.41, 5.74) is 0. The van der Waals surface area contributed by atoms with E-state index < -0.39 is 0 Å². The van der Waals surface area contributed by atoms with Gasteiger partial charge in [-0.25, -0.2) is 0 Å². The highest BCUT2D eigenvalue weighted by molar-refractivity contribution is 5.80. The van der Waals surface area contributed by atoms with Crippen LogP contribution in [0.1, 0.15) is 26.2 Å². The molecule has 1 rings (SSSR count). The molecule has 4 heteroatoms. The van der Waals surface area contributed by atoms with Gasteiger partial charge in [0.15, 0.2) is 0 Å². The Bertz CT molecular complexity index is 184. The number of carbonyl (C=O) groups excluding carboxylic acids is 1. The van der Waals surface area contributed by atoms with Gasteiger partial charge in [0.2, 0.25) is 5.91 Å². The normalized spacial score (nSPS) is 30.1. The van der Waals surface area contributed by atoms with E-state index in [9.17, 15) is 9.90 Å². The molecule has 0 aromatic carbocycles. The maximum Gasteiger partial charge on any atom is 0.236 e. The summed E-state index contributed by atoms with van der Waals surface area (Å²) in [4.78, 5) is 11.2. The number of aliphatic hydroxyl groups is 1. The number of carbonyl (C=O) groups is 1. The van der Waals surface area contributed by atoms with Crippen LogP contribution in [0.3, 0.4) is 0 Å². The van der Waals surface area contributed by atoms with Gasteiger partial charge in [-0.2, -0.15) is 0 Å². The van der Waals surface area contributed by atoms with Crippen molar-refractivity contribution in [3.8, 4) is 0 Å². The van der Waals surface area contributed by atoms with E-state index in [1.807, 2.05) is 6.92 Å². The average Bonchev–Trinajstić information content (AvgIpc) is 2.50. The Hall–Kier alpha value is -0.610. The highest BCUT2D eigenvalue weighted by Crippen LogP contribution is 2.18. The monoisotopic (exact) mass is 186 g/mol. The highest BCUT2D eigenvalue weighted by Gasteiger charge is 2.27. The predicted molar refractivity (Wildman–Crippen MR) is 50.3 cm³/mol. The van der Waals surface area contributed by atoms with Crippen LogP contribution in [0.25, 0.3) is 0 Å². The first-order chi connectivity index (χ1) is 6.15. The average molecular weight is 186 g/mol. The van der Waals surface area contributed by atoms with Crippen LogP contribution in [0.5, 0.6) is 0 Å². The summed E-state index contributed by atoms with van der Waals surface area (Å²) in [5.74, 6) is -0.0286. The zero-order valence-electron chi connectivity index (χ0n) is 8.21. The Kier molecular flexibility index (Phi) is 3.69. The zero-order chi connectivity index (χ0) is 9.84. The summed E-state index contributed by atoms with van der Waals surface area (Å²) in [7, 11) is 1.62. The quantitative estimate of drug-likeness (QED) is 0.563. The Labute approximate surface area is 78.7 Å². The Morgan fingerprint density at radius 2 is 2.23 bits per heavy atom. The lowest BCUT2D eigenvalue weighted by molar-refractivity contribution is -0.122. The summed E-state index contributed by atoms with van der Waals surface area (Å²) >= 11 is 0. The second-order valence-corrected chi connectivity index (χ2v) is 3.61. The van der Waals surface area contributed by atoms with Gasteiger partial charge in [-0.1, -0.05) is 0 Å². The fourth-order valence-electron chi connectivity index (χ4n) is 1.75. The van der Waals surface area contributed by atoms with Crippen molar-refractivity contribution in [2.75, 3.05) is 7.05 Å². The number of likely N-dealkylation sites (N-methyl/N-ethyl adjacent to an activating group) is 1. The van der Waals surface area contributed by atoms with Crippen molar-refractivity contribution >= 4 is 5.91 Å². The molecule has 0 heterocycles. The van der Waals surface area contributed by atoms with Crippen molar-refractivity contribution in [2.45, 2.75) is 44.4 Å². The van der Waals surface area contributed by atoms with Gasteiger partial charge in [0.25, 0.3) is 0 Å². The van der Waals surface area contributed by atoms with Crippen molar-refractivity contribution in [2.24, 2.45) is 0 Å². The van der Waals surface area contributed by atoms with Crippen molar-refractivity contribution in [1.82, 2.24) is 10.6 Å². The van der Waals surface area contributed by atoms with Crippen molar-refractivity contribution in [3.63, 3.8) is 0 Å². The van der Waals surface area contributed by atoms with Crippen LogP contribution in [0.4, 0.5) is 0 Å². The predicted octanol–water partition coefficient (Wildman–Crippen LogP) is -0.376. The largest absolute Gasteiger partial charge is 0.392 e. The van der Waals surface area contributed by atoms with Gasteiger partial charge in [0.1, 0.15) is 0 Å². The van der Waals surface area contributed by atoms with E-state index in [-0.39, 0.29) is 24.1 Å². The van der Waals surface area contributed by atoms with Gasteiger partial charge in [-0.15, -0.1) is 0 Å². The lowest BCUT2D eigenvalue weighted by Crippen LogP contribution is -2.48. The minimum atomic E-state index is -0.285. The minimum absolute atomic E-state index is 0.0286. The van der Waals surface area contributed by atoms with E-state index in [1.165, 1.54) is 0 Å². The molecule has 0 bridgehead atoms. The summed E-state index contributed by atoms with van der Waals surface area (Å²) in [6, 6.07) is -0.130. The second-order valence-electron chi connectivity index (χ2n) is 3.61. The standard InChI is InChI=1S/C9H18N2O2/c1-6(9(13)10-2)11-7-4-3-5-8(7)12/h6-8,11-12H,3-5H2,1-2H3,(H,10,13)/t6?,7-,8-/m0/s1. The van der Waals surface area contributed by atoms with Gasteiger partial charge < -0.3 is 15.7 Å². The Morgan fingerprint density at radius 1 is 1.54 bits per heavy atom. The molecule has 0 aliphatic heterocycles. The van der Waals surface area contributed by atoms with Crippen LogP contribution >= 0.6 is 0 Å². The number of amides is 1. The molecule has 1 unspecified atom stereocenters. The third-order valence-corrected chi connectivity index (χ3v) is 2.58. The lowest BCUT2D eigenvalue weighted by atomic mass is 10.2. The summed E-state index contributed by atoms with van der Waals surface area (Å²) < 4.78 is 0. The van der Waals surface area contributed by atoms with Crippen LogP contribution in [0.15, 0.2) is 0 Å². The molecule has 3 N–H and O–H groups in total. The molecule has 13 heavy (non-hydrogen) atoms. The first kappa shape index (κ1) is 10.5. The van der Waals surface area contributed by atoms with Crippen molar-refractivity contribution in [3.05, 3.63) is 0 Å². The van der Waals surface area contributed by atoms with Gasteiger partial charge in [-0.3, -0.25) is 4.79 Å². The molecular weight excluding hydrogens is 168 g/mol. The third-order valence-electron chi connectivity index (χ3n) is 2.58. The number of hydrogen-bond acceptors (Lipinski definition) is 3. The first-order valence-electron chi connectivity index (χ1n) is 4.81. The van der Waals surface area contributed by atoms with E-state index in [2.05, 4.69) is 10.6 Å². The number of rotatable bonds is 3. The molecule has 1 fully saturated rings. The Balaban J connectivity index is 2.34. The van der Waals surface area contributed by atoms with Gasteiger partial charge in [0, 0.05) is 13.1 Å². The third kappa shape index (κ3) is 2.67.